The predicted molar refractivity (Wildman–Crippen MR) is 179 cm³/mol. The van der Waals surface area contributed by atoms with Crippen LogP contribution in [0.15, 0.2) is 67.4 Å². The molecule has 0 radical (unpaired) electrons. The molecule has 0 bridgehead atoms. The third kappa shape index (κ3) is 6.36. The van der Waals surface area contributed by atoms with Gasteiger partial charge in [-0.05, 0) is 66.3 Å². The number of nitrogens with zero attached hydrogens (tertiary/aromatic N) is 4. The van der Waals surface area contributed by atoms with Crippen molar-refractivity contribution in [3.05, 3.63) is 78.8 Å². The highest BCUT2D eigenvalue weighted by molar-refractivity contribution is 7.90. The number of pyridine rings is 3. The molecule has 11 nitrogen and oxygen atoms in total. The molecule has 1 atom stereocenters. The molecule has 1 aliphatic rings. The van der Waals surface area contributed by atoms with Gasteiger partial charge in [0.25, 0.3) is 0 Å². The van der Waals surface area contributed by atoms with Crippen molar-refractivity contribution in [2.24, 2.45) is 11.7 Å². The fourth-order valence-corrected chi connectivity index (χ4v) is 7.01. The summed E-state index contributed by atoms with van der Waals surface area (Å²) in [5.74, 6) is -0.175. The number of nitrogens with two attached hydrogens (primary N) is 1. The first-order valence-corrected chi connectivity index (χ1v) is 17.4. The molecule has 13 heteroatoms. The summed E-state index contributed by atoms with van der Waals surface area (Å²) in [6, 6.07) is 9.69. The molecule has 0 aliphatic heterocycles. The number of carbonyl (C=O) groups is 1. The number of hydrogen-bond acceptors (Lipinski definition) is 8. The van der Waals surface area contributed by atoms with Crippen LogP contribution >= 0.6 is 0 Å². The maximum Gasteiger partial charge on any atom is 0.224 e. The molecular weight excluding hydrogens is 619 g/mol. The number of H-pyrrole nitrogens is 2. The Morgan fingerprint density at radius 3 is 2.57 bits per heavy atom. The molecule has 7 rings (SSSR count). The van der Waals surface area contributed by atoms with E-state index in [4.69, 9.17) is 5.73 Å². The molecule has 240 valence electrons. The van der Waals surface area contributed by atoms with Crippen molar-refractivity contribution in [1.82, 2.24) is 30.1 Å². The molecule has 1 fully saturated rings. The lowest BCUT2D eigenvalue weighted by molar-refractivity contribution is -0.117. The average molecular weight is 653 g/mol. The third-order valence-corrected chi connectivity index (χ3v) is 9.98. The first-order valence-electron chi connectivity index (χ1n) is 15.4. The van der Waals surface area contributed by atoms with Crippen molar-refractivity contribution < 1.29 is 17.6 Å². The number of fused-ring (bicyclic) bond motifs is 2. The van der Waals surface area contributed by atoms with Crippen LogP contribution in [-0.4, -0.2) is 50.7 Å². The van der Waals surface area contributed by atoms with Gasteiger partial charge >= 0.3 is 0 Å². The average Bonchev–Trinajstić information content (AvgIpc) is 3.68. The van der Waals surface area contributed by atoms with Crippen molar-refractivity contribution in [2.75, 3.05) is 11.6 Å². The number of sulfone groups is 1. The minimum absolute atomic E-state index is 0.00300. The second-order valence-corrected chi connectivity index (χ2v) is 14.4. The summed E-state index contributed by atoms with van der Waals surface area (Å²) in [7, 11) is -3.65. The van der Waals surface area contributed by atoms with Crippen LogP contribution in [0.1, 0.15) is 49.5 Å². The Morgan fingerprint density at radius 1 is 0.957 bits per heavy atom. The fraction of sp³-hybridized carbons (Fsp3) is 0.265. The van der Waals surface area contributed by atoms with E-state index in [0.29, 0.717) is 51.8 Å². The molecule has 1 unspecified atom stereocenters. The molecule has 0 spiro atoms. The summed E-state index contributed by atoms with van der Waals surface area (Å²) in [5.41, 5.74) is 11.9. The number of aromatic nitrogens is 6. The molecule has 5 aromatic heterocycles. The lowest BCUT2D eigenvalue weighted by Gasteiger charge is -2.20. The van der Waals surface area contributed by atoms with E-state index in [1.165, 1.54) is 25.3 Å². The highest BCUT2D eigenvalue weighted by Crippen LogP contribution is 2.36. The zero-order valence-corrected chi connectivity index (χ0v) is 26.4. The summed E-state index contributed by atoms with van der Waals surface area (Å²) in [4.78, 5) is 29.4. The molecule has 0 saturated heterocycles. The lowest BCUT2D eigenvalue weighted by atomic mass is 9.87. The van der Waals surface area contributed by atoms with Gasteiger partial charge in [0, 0.05) is 47.0 Å². The minimum Gasteiger partial charge on any atom is -0.352 e. The summed E-state index contributed by atoms with van der Waals surface area (Å²) in [6.07, 6.45) is 15.7. The lowest BCUT2D eigenvalue weighted by Crippen LogP contribution is -2.20. The normalized spacial score (nSPS) is 14.9. The zero-order chi connectivity index (χ0) is 32.7. The van der Waals surface area contributed by atoms with Crippen LogP contribution in [0.4, 0.5) is 10.1 Å². The number of hydrogen-bond donors (Lipinski definition) is 4. The van der Waals surface area contributed by atoms with Crippen LogP contribution in [0, 0.1) is 11.7 Å². The first kappa shape index (κ1) is 30.6. The van der Waals surface area contributed by atoms with Gasteiger partial charge in [-0.15, -0.1) is 0 Å². The van der Waals surface area contributed by atoms with E-state index in [9.17, 15) is 17.6 Å². The largest absolute Gasteiger partial charge is 0.352 e. The van der Waals surface area contributed by atoms with E-state index < -0.39 is 21.0 Å². The molecule has 1 aromatic carbocycles. The zero-order valence-electron chi connectivity index (χ0n) is 25.6. The number of benzene rings is 1. The molecule has 1 aliphatic carbocycles. The van der Waals surface area contributed by atoms with Gasteiger partial charge in [0.2, 0.25) is 5.91 Å². The second kappa shape index (κ2) is 12.3. The number of halogens is 1. The maximum atomic E-state index is 14.7. The Morgan fingerprint density at radius 2 is 1.77 bits per heavy atom. The summed E-state index contributed by atoms with van der Waals surface area (Å²) in [6.45, 7) is 0. The van der Waals surface area contributed by atoms with Crippen LogP contribution in [0.2, 0.25) is 0 Å². The standard InChI is InChI=1S/C34H33FN8O3S/c1-47(45,46)34(36)21-8-20(9-23(35)10-21)27-16-38-17-30-25(27)12-29(41-30)33-26-13-28(39-18-31(26)42-43-33)22-11-24(15-37-14-22)40-32(44)7-19-5-3-2-4-6-19/h8-19,34,41H,2-7,36H2,1H3,(H,40,44)(H,42,43). The van der Waals surface area contributed by atoms with E-state index in [2.05, 4.69) is 35.5 Å². The maximum absolute atomic E-state index is 14.7. The van der Waals surface area contributed by atoms with E-state index in [1.54, 1.807) is 37.1 Å². The Hall–Kier alpha value is -5.01. The molecule has 1 amide bonds. The van der Waals surface area contributed by atoms with Gasteiger partial charge in [0.15, 0.2) is 9.84 Å². The predicted octanol–water partition coefficient (Wildman–Crippen LogP) is 6.28. The SMILES string of the molecule is CS(=O)(=O)C(N)c1cc(F)cc(-c2cncc3[nH]c(-c4n[nH]c5cnc(-c6cncc(NC(=O)CC7CCCCC7)c6)cc45)cc23)c1. The number of amides is 1. The van der Waals surface area contributed by atoms with Gasteiger partial charge in [0.1, 0.15) is 16.9 Å². The van der Waals surface area contributed by atoms with Crippen LogP contribution in [0.25, 0.3) is 55.6 Å². The van der Waals surface area contributed by atoms with E-state index in [-0.39, 0.29) is 11.5 Å². The quantitative estimate of drug-likeness (QED) is 0.149. The Bertz CT molecular complexity index is 2240. The number of rotatable bonds is 8. The molecule has 1 saturated carbocycles. The second-order valence-electron chi connectivity index (χ2n) is 12.3. The first-order chi connectivity index (χ1) is 22.6. The van der Waals surface area contributed by atoms with Crippen molar-refractivity contribution in [3.63, 3.8) is 0 Å². The number of nitrogens with one attached hydrogen (secondary N) is 3. The third-order valence-electron chi connectivity index (χ3n) is 8.79. The number of anilines is 1. The van der Waals surface area contributed by atoms with Crippen molar-refractivity contribution in [2.45, 2.75) is 43.9 Å². The summed E-state index contributed by atoms with van der Waals surface area (Å²) < 4.78 is 38.9. The molecular formula is C34H33FN8O3S. The number of carbonyl (C=O) groups excluding carboxylic acids is 1. The number of aromatic amines is 2. The van der Waals surface area contributed by atoms with Gasteiger partial charge in [-0.3, -0.25) is 24.8 Å². The van der Waals surface area contributed by atoms with E-state index in [0.717, 1.165) is 47.0 Å². The molecule has 6 aromatic rings. The van der Waals surface area contributed by atoms with Gasteiger partial charge < -0.3 is 16.0 Å². The highest BCUT2D eigenvalue weighted by Gasteiger charge is 2.21. The van der Waals surface area contributed by atoms with Gasteiger partial charge in [-0.1, -0.05) is 19.3 Å². The Labute approximate surface area is 270 Å². The Kier molecular flexibility index (Phi) is 8.02. The van der Waals surface area contributed by atoms with Gasteiger partial charge in [0.05, 0.1) is 46.7 Å². The van der Waals surface area contributed by atoms with E-state index in [1.807, 2.05) is 18.2 Å². The minimum atomic E-state index is -3.65. The van der Waals surface area contributed by atoms with Crippen LogP contribution < -0.4 is 11.1 Å². The topological polar surface area (TPSA) is 172 Å². The monoisotopic (exact) mass is 652 g/mol. The van der Waals surface area contributed by atoms with Crippen LogP contribution in [-0.2, 0) is 14.6 Å². The van der Waals surface area contributed by atoms with Crippen molar-refractivity contribution in [1.29, 1.82) is 0 Å². The van der Waals surface area contributed by atoms with E-state index >= 15 is 0 Å². The van der Waals surface area contributed by atoms with Gasteiger partial charge in [-0.2, -0.15) is 5.10 Å². The van der Waals surface area contributed by atoms with Crippen molar-refractivity contribution in [3.8, 4) is 33.8 Å². The van der Waals surface area contributed by atoms with Crippen LogP contribution in [0.3, 0.4) is 0 Å². The fourth-order valence-electron chi connectivity index (χ4n) is 6.38. The summed E-state index contributed by atoms with van der Waals surface area (Å²) >= 11 is 0. The van der Waals surface area contributed by atoms with Crippen molar-refractivity contribution >= 4 is 43.2 Å². The molecule has 5 N–H and O–H groups in total. The smallest absolute Gasteiger partial charge is 0.224 e. The summed E-state index contributed by atoms with van der Waals surface area (Å²) in [5, 5.41) is 10.8. The highest BCUT2D eigenvalue weighted by atomic mass is 32.2. The van der Waals surface area contributed by atoms with Crippen LogP contribution in [0.5, 0.6) is 0 Å². The molecule has 47 heavy (non-hydrogen) atoms. The molecule has 5 heterocycles. The Balaban J connectivity index is 1.20. The van der Waals surface area contributed by atoms with Gasteiger partial charge in [-0.25, -0.2) is 12.8 Å².